The van der Waals surface area contributed by atoms with Gasteiger partial charge in [0.15, 0.2) is 0 Å². The molecule has 0 bridgehead atoms. The molecule has 1 aliphatic carbocycles. The van der Waals surface area contributed by atoms with E-state index in [1.165, 1.54) is 30.5 Å². The van der Waals surface area contributed by atoms with Crippen molar-refractivity contribution in [3.8, 4) is 0 Å². The highest BCUT2D eigenvalue weighted by Crippen LogP contribution is 2.61. The van der Waals surface area contributed by atoms with Crippen molar-refractivity contribution in [3.63, 3.8) is 0 Å². The highest BCUT2D eigenvalue weighted by atomic mass is 16.2. The molecule has 1 unspecified atom stereocenters. The molecule has 25 heavy (non-hydrogen) atoms. The van der Waals surface area contributed by atoms with E-state index in [2.05, 4.69) is 54.8 Å². The maximum Gasteiger partial charge on any atom is 0.228 e. The van der Waals surface area contributed by atoms with Gasteiger partial charge >= 0.3 is 0 Å². The van der Waals surface area contributed by atoms with Gasteiger partial charge in [0.1, 0.15) is 0 Å². The SMILES string of the molecule is CC[C@H](C)[C@@]12CCCCC1(C)c1ccccc1N2C(=O)CCN(C)C. The van der Waals surface area contributed by atoms with E-state index in [-0.39, 0.29) is 11.0 Å². The topological polar surface area (TPSA) is 23.6 Å². The second kappa shape index (κ2) is 6.75. The van der Waals surface area contributed by atoms with Crippen molar-refractivity contribution in [3.05, 3.63) is 29.8 Å². The maximum atomic E-state index is 13.4. The Morgan fingerprint density at radius 2 is 1.92 bits per heavy atom. The van der Waals surface area contributed by atoms with Crippen molar-refractivity contribution in [1.82, 2.24) is 4.90 Å². The molecule has 0 radical (unpaired) electrons. The Balaban J connectivity index is 2.13. The minimum absolute atomic E-state index is 0.0624. The molecule has 1 aromatic rings. The van der Waals surface area contributed by atoms with E-state index < -0.39 is 0 Å². The molecule has 3 nitrogen and oxygen atoms in total. The number of carbonyl (C=O) groups is 1. The fourth-order valence-electron chi connectivity index (χ4n) is 5.58. The van der Waals surface area contributed by atoms with Crippen molar-refractivity contribution >= 4 is 11.6 Å². The third kappa shape index (κ3) is 2.63. The number of hydrogen-bond acceptors (Lipinski definition) is 2. The van der Waals surface area contributed by atoms with Crippen molar-refractivity contribution in [1.29, 1.82) is 0 Å². The van der Waals surface area contributed by atoms with Gasteiger partial charge in [0.2, 0.25) is 5.91 Å². The predicted molar refractivity (Wildman–Crippen MR) is 105 cm³/mol. The summed E-state index contributed by atoms with van der Waals surface area (Å²) in [5.41, 5.74) is 2.59. The molecular formula is C22H34N2O. The van der Waals surface area contributed by atoms with E-state index >= 15 is 0 Å². The van der Waals surface area contributed by atoms with E-state index in [4.69, 9.17) is 0 Å². The summed E-state index contributed by atoms with van der Waals surface area (Å²) in [6.45, 7) is 7.88. The van der Waals surface area contributed by atoms with Crippen LogP contribution in [-0.4, -0.2) is 37.0 Å². The largest absolute Gasteiger partial charge is 0.309 e. The second-order valence-electron chi connectivity index (χ2n) is 8.57. The lowest BCUT2D eigenvalue weighted by Crippen LogP contribution is -2.64. The molecule has 1 saturated carbocycles. The van der Waals surface area contributed by atoms with Crippen LogP contribution in [0.5, 0.6) is 0 Å². The van der Waals surface area contributed by atoms with Crippen LogP contribution in [0.4, 0.5) is 5.69 Å². The van der Waals surface area contributed by atoms with Gasteiger partial charge in [-0.15, -0.1) is 0 Å². The van der Waals surface area contributed by atoms with E-state index in [0.29, 0.717) is 18.2 Å². The van der Waals surface area contributed by atoms with Gasteiger partial charge in [0.25, 0.3) is 0 Å². The summed E-state index contributed by atoms with van der Waals surface area (Å²) in [6.07, 6.45) is 6.51. The predicted octanol–water partition coefficient (Wildman–Crippen LogP) is 4.60. The lowest BCUT2D eigenvalue weighted by Gasteiger charge is -2.55. The Morgan fingerprint density at radius 3 is 2.60 bits per heavy atom. The number of anilines is 1. The molecular weight excluding hydrogens is 308 g/mol. The Bertz CT molecular complexity index is 641. The minimum atomic E-state index is -0.0624. The van der Waals surface area contributed by atoms with E-state index in [1.54, 1.807) is 0 Å². The standard InChI is InChI=1S/C22H34N2O/c1-6-17(2)22-15-10-9-14-21(22,3)18-11-7-8-12-19(18)24(22)20(25)13-16-23(4)5/h7-8,11-12,17H,6,9-10,13-16H2,1-5H3/t17-,21?,22-/m0/s1. The summed E-state index contributed by atoms with van der Waals surface area (Å²) in [5.74, 6) is 0.792. The van der Waals surface area contributed by atoms with Gasteiger partial charge in [-0.1, -0.05) is 58.2 Å². The zero-order valence-corrected chi connectivity index (χ0v) is 16.6. The van der Waals surface area contributed by atoms with E-state index in [1.807, 2.05) is 14.1 Å². The van der Waals surface area contributed by atoms with Crippen LogP contribution in [0.3, 0.4) is 0 Å². The number of nitrogens with zero attached hydrogens (tertiary/aromatic N) is 2. The lowest BCUT2D eigenvalue weighted by molar-refractivity contribution is -0.121. The summed E-state index contributed by atoms with van der Waals surface area (Å²) < 4.78 is 0. The summed E-state index contributed by atoms with van der Waals surface area (Å²) >= 11 is 0. The molecule has 0 aromatic heterocycles. The highest BCUT2D eigenvalue weighted by molar-refractivity contribution is 5.98. The fraction of sp³-hybridized carbons (Fsp3) is 0.682. The van der Waals surface area contributed by atoms with Gasteiger partial charge in [-0.05, 0) is 44.5 Å². The maximum absolute atomic E-state index is 13.4. The molecule has 3 rings (SSSR count). The van der Waals surface area contributed by atoms with Crippen molar-refractivity contribution < 1.29 is 4.79 Å². The van der Waals surface area contributed by atoms with Gasteiger partial charge in [-0.25, -0.2) is 0 Å². The second-order valence-corrected chi connectivity index (χ2v) is 8.57. The van der Waals surface area contributed by atoms with Crippen LogP contribution in [0, 0.1) is 5.92 Å². The van der Waals surface area contributed by atoms with Gasteiger partial charge in [0.05, 0.1) is 5.54 Å². The highest BCUT2D eigenvalue weighted by Gasteiger charge is 2.63. The summed E-state index contributed by atoms with van der Waals surface area (Å²) in [6, 6.07) is 8.69. The fourth-order valence-corrected chi connectivity index (χ4v) is 5.58. The zero-order chi connectivity index (χ0) is 18.2. The summed E-state index contributed by atoms with van der Waals surface area (Å²) in [5, 5.41) is 0. The van der Waals surface area contributed by atoms with Crippen LogP contribution < -0.4 is 4.90 Å². The first-order valence-corrected chi connectivity index (χ1v) is 9.95. The average molecular weight is 343 g/mol. The first kappa shape index (κ1) is 18.4. The third-order valence-corrected chi connectivity index (χ3v) is 7.03. The molecule has 1 fully saturated rings. The molecule has 0 saturated heterocycles. The Labute approximate surface area is 153 Å². The van der Waals surface area contributed by atoms with Gasteiger partial charge in [0, 0.05) is 24.1 Å². The number of hydrogen-bond donors (Lipinski definition) is 0. The summed E-state index contributed by atoms with van der Waals surface area (Å²) in [7, 11) is 4.08. The molecule has 3 atom stereocenters. The van der Waals surface area contributed by atoms with Crippen LogP contribution in [0.2, 0.25) is 0 Å². The normalized spacial score (nSPS) is 29.4. The smallest absolute Gasteiger partial charge is 0.228 e. The number of fused-ring (bicyclic) bond motifs is 3. The van der Waals surface area contributed by atoms with Gasteiger partial charge < -0.3 is 9.80 Å². The van der Waals surface area contributed by atoms with Crippen LogP contribution >= 0.6 is 0 Å². The quantitative estimate of drug-likeness (QED) is 0.780. The molecule has 1 heterocycles. The third-order valence-electron chi connectivity index (χ3n) is 7.03. The van der Waals surface area contributed by atoms with Crippen LogP contribution in [0.15, 0.2) is 24.3 Å². The number of para-hydroxylation sites is 1. The van der Waals surface area contributed by atoms with Gasteiger partial charge in [-0.2, -0.15) is 0 Å². The van der Waals surface area contributed by atoms with E-state index in [9.17, 15) is 4.79 Å². The number of amides is 1. The number of benzene rings is 1. The van der Waals surface area contributed by atoms with Crippen molar-refractivity contribution in [2.75, 3.05) is 25.5 Å². The Kier molecular flexibility index (Phi) is 4.98. The monoisotopic (exact) mass is 342 g/mol. The van der Waals surface area contributed by atoms with Crippen molar-refractivity contribution in [2.45, 2.75) is 70.3 Å². The van der Waals surface area contributed by atoms with Crippen LogP contribution in [0.25, 0.3) is 0 Å². The number of carbonyl (C=O) groups excluding carboxylic acids is 1. The molecule has 0 N–H and O–H groups in total. The Hall–Kier alpha value is -1.35. The lowest BCUT2D eigenvalue weighted by atomic mass is 9.56. The number of rotatable bonds is 5. The molecule has 3 heteroatoms. The van der Waals surface area contributed by atoms with Crippen molar-refractivity contribution in [2.24, 2.45) is 5.92 Å². The molecule has 0 spiro atoms. The van der Waals surface area contributed by atoms with Crippen LogP contribution in [-0.2, 0) is 10.2 Å². The minimum Gasteiger partial charge on any atom is -0.309 e. The van der Waals surface area contributed by atoms with E-state index in [0.717, 1.165) is 19.4 Å². The molecule has 1 aromatic carbocycles. The molecule has 1 amide bonds. The average Bonchev–Trinajstić information content (AvgIpc) is 2.85. The molecule has 138 valence electrons. The molecule has 2 aliphatic rings. The first-order valence-electron chi connectivity index (χ1n) is 9.95. The summed E-state index contributed by atoms with van der Waals surface area (Å²) in [4.78, 5) is 17.8. The Morgan fingerprint density at radius 1 is 1.24 bits per heavy atom. The molecule has 1 aliphatic heterocycles. The zero-order valence-electron chi connectivity index (χ0n) is 16.6. The van der Waals surface area contributed by atoms with Crippen LogP contribution in [0.1, 0.15) is 64.9 Å². The first-order chi connectivity index (χ1) is 11.9. The van der Waals surface area contributed by atoms with Gasteiger partial charge in [-0.3, -0.25) is 4.79 Å².